The van der Waals surface area contributed by atoms with Crippen molar-refractivity contribution in [3.05, 3.63) is 47.2 Å². The third kappa shape index (κ3) is 1.10. The van der Waals surface area contributed by atoms with E-state index in [0.29, 0.717) is 0 Å². The monoisotopic (exact) mass is 295 g/mol. The van der Waals surface area contributed by atoms with Gasteiger partial charge in [0, 0.05) is 29.3 Å². The average Bonchev–Trinajstić information content (AvgIpc) is 3.08. The van der Waals surface area contributed by atoms with Gasteiger partial charge < -0.3 is 14.6 Å². The van der Waals surface area contributed by atoms with Gasteiger partial charge in [0.15, 0.2) is 11.1 Å². The number of fused-ring (bicyclic) bond motifs is 3. The molecule has 0 amide bonds. The molecule has 1 aromatic heterocycles. The van der Waals surface area contributed by atoms with Gasteiger partial charge in [-0.2, -0.15) is 0 Å². The standard InChI is InChI=1S/C19H23N2O/c1-3-13-12-21-10-8-15-14-6-4-5-7-16(14)20-17(15)18(21,2)19(13,22)9-11-21/h3-7,20,22H,8-12H2,1-2H3/q+1/b13-3+/t18-,19-,21-/m0/s1. The van der Waals surface area contributed by atoms with Crippen molar-refractivity contribution < 1.29 is 9.59 Å². The number of nitrogens with one attached hydrogen (secondary N) is 1. The summed E-state index contributed by atoms with van der Waals surface area (Å²) >= 11 is 0. The van der Waals surface area contributed by atoms with Crippen LogP contribution in [0.4, 0.5) is 0 Å². The highest BCUT2D eigenvalue weighted by atomic mass is 16.3. The molecule has 2 fully saturated rings. The average molecular weight is 295 g/mol. The molecule has 2 saturated heterocycles. The maximum Gasteiger partial charge on any atom is 0.171 e. The van der Waals surface area contributed by atoms with Gasteiger partial charge >= 0.3 is 0 Å². The van der Waals surface area contributed by atoms with Gasteiger partial charge in [-0.3, -0.25) is 0 Å². The van der Waals surface area contributed by atoms with Crippen LogP contribution in [-0.4, -0.2) is 39.8 Å². The number of quaternary nitrogens is 1. The normalized spacial score (nSPS) is 41.1. The van der Waals surface area contributed by atoms with Crippen molar-refractivity contribution in [1.29, 1.82) is 0 Å². The lowest BCUT2D eigenvalue weighted by molar-refractivity contribution is -0.962. The number of para-hydroxylation sites is 1. The van der Waals surface area contributed by atoms with E-state index in [1.807, 2.05) is 0 Å². The first kappa shape index (κ1) is 12.9. The van der Waals surface area contributed by atoms with Crippen molar-refractivity contribution >= 4 is 10.9 Å². The number of allylic oxidation sites excluding steroid dienone is 1. The Morgan fingerprint density at radius 1 is 1.27 bits per heavy atom. The fourth-order valence-electron chi connectivity index (χ4n) is 5.79. The van der Waals surface area contributed by atoms with Crippen LogP contribution in [0.2, 0.25) is 0 Å². The number of benzene rings is 1. The van der Waals surface area contributed by atoms with E-state index in [9.17, 15) is 5.11 Å². The van der Waals surface area contributed by atoms with Gasteiger partial charge in [-0.1, -0.05) is 24.3 Å². The van der Waals surface area contributed by atoms with Gasteiger partial charge in [-0.15, -0.1) is 0 Å². The Kier molecular flexibility index (Phi) is 2.15. The summed E-state index contributed by atoms with van der Waals surface area (Å²) < 4.78 is 1.03. The molecule has 1 aromatic carbocycles. The van der Waals surface area contributed by atoms with Crippen LogP contribution in [0.15, 0.2) is 35.9 Å². The molecule has 0 spiro atoms. The predicted molar refractivity (Wildman–Crippen MR) is 87.5 cm³/mol. The second-order valence-electron chi connectivity index (χ2n) is 7.52. The molecule has 22 heavy (non-hydrogen) atoms. The van der Waals surface area contributed by atoms with Crippen LogP contribution in [-0.2, 0) is 12.0 Å². The van der Waals surface area contributed by atoms with E-state index in [0.717, 1.165) is 37.0 Å². The number of H-pyrrole nitrogens is 1. The van der Waals surface area contributed by atoms with Crippen LogP contribution in [0.1, 0.15) is 31.5 Å². The Bertz CT molecular complexity index is 835. The smallest absolute Gasteiger partial charge is 0.171 e. The van der Waals surface area contributed by atoms with Crippen LogP contribution >= 0.6 is 0 Å². The van der Waals surface area contributed by atoms with Gasteiger partial charge in [0.05, 0.1) is 18.8 Å². The molecule has 0 radical (unpaired) electrons. The van der Waals surface area contributed by atoms with Crippen LogP contribution in [0.3, 0.4) is 0 Å². The molecule has 114 valence electrons. The Labute approximate surface area is 130 Å². The molecule has 0 saturated carbocycles. The van der Waals surface area contributed by atoms with Gasteiger partial charge in [0.2, 0.25) is 0 Å². The lowest BCUT2D eigenvalue weighted by Crippen LogP contribution is -2.61. The van der Waals surface area contributed by atoms with Gasteiger partial charge in [-0.05, 0) is 25.5 Å². The molecule has 0 aliphatic carbocycles. The second kappa shape index (κ2) is 3.66. The summed E-state index contributed by atoms with van der Waals surface area (Å²) in [6.45, 7) is 7.63. The number of hydrogen-bond acceptors (Lipinski definition) is 1. The summed E-state index contributed by atoms with van der Waals surface area (Å²) in [6.07, 6.45) is 4.16. The highest BCUT2D eigenvalue weighted by molar-refractivity contribution is 5.85. The van der Waals surface area contributed by atoms with Gasteiger partial charge in [0.1, 0.15) is 6.54 Å². The lowest BCUT2D eigenvalue weighted by atomic mass is 9.74. The molecular formula is C19H23N2O+. The summed E-state index contributed by atoms with van der Waals surface area (Å²) in [4.78, 5) is 3.69. The second-order valence-corrected chi connectivity index (χ2v) is 7.52. The SMILES string of the molecule is C/C=C1\C[N@@+]23CCc4c([nH]c5ccccc45)[C@@]2(C)[C@]1(O)CC3. The minimum atomic E-state index is -0.683. The number of rotatable bonds is 0. The Morgan fingerprint density at radius 3 is 2.91 bits per heavy atom. The Hall–Kier alpha value is -1.58. The molecule has 2 bridgehead atoms. The summed E-state index contributed by atoms with van der Waals surface area (Å²) in [5.74, 6) is 0. The molecule has 0 unspecified atom stereocenters. The van der Waals surface area contributed by atoms with Crippen molar-refractivity contribution in [3.63, 3.8) is 0 Å². The van der Waals surface area contributed by atoms with Gasteiger partial charge in [-0.25, -0.2) is 0 Å². The van der Waals surface area contributed by atoms with E-state index in [-0.39, 0.29) is 5.54 Å². The molecule has 3 heteroatoms. The minimum Gasteiger partial charge on any atom is -0.378 e. The molecule has 3 aliphatic heterocycles. The fourth-order valence-corrected chi connectivity index (χ4v) is 5.79. The Morgan fingerprint density at radius 2 is 2.09 bits per heavy atom. The van der Waals surface area contributed by atoms with Crippen molar-refractivity contribution in [2.75, 3.05) is 19.6 Å². The van der Waals surface area contributed by atoms with Crippen LogP contribution in [0, 0.1) is 0 Å². The molecule has 3 aliphatic rings. The van der Waals surface area contributed by atoms with Crippen LogP contribution < -0.4 is 0 Å². The lowest BCUT2D eigenvalue weighted by Gasteiger charge is -2.47. The van der Waals surface area contributed by atoms with E-state index >= 15 is 0 Å². The number of hydrogen-bond donors (Lipinski definition) is 2. The zero-order valence-electron chi connectivity index (χ0n) is 13.3. The van der Waals surface area contributed by atoms with E-state index in [1.54, 1.807) is 0 Å². The fraction of sp³-hybridized carbons (Fsp3) is 0.474. The van der Waals surface area contributed by atoms with E-state index in [2.05, 4.69) is 49.2 Å². The molecule has 2 N–H and O–H groups in total. The highest BCUT2D eigenvalue weighted by Gasteiger charge is 2.75. The summed E-state index contributed by atoms with van der Waals surface area (Å²) in [5, 5.41) is 13.0. The number of aromatic amines is 1. The third-order valence-corrected chi connectivity index (χ3v) is 7.10. The third-order valence-electron chi connectivity index (χ3n) is 7.10. The molecular weight excluding hydrogens is 272 g/mol. The first-order valence-electron chi connectivity index (χ1n) is 8.40. The molecule has 3 nitrogen and oxygen atoms in total. The number of piperidine rings is 1. The summed E-state index contributed by atoms with van der Waals surface area (Å²) in [7, 11) is 0. The predicted octanol–water partition coefficient (Wildman–Crippen LogP) is 2.85. The number of nitrogens with zero attached hydrogens (tertiary/aromatic N) is 1. The first-order chi connectivity index (χ1) is 10.6. The largest absolute Gasteiger partial charge is 0.378 e. The zero-order valence-corrected chi connectivity index (χ0v) is 13.3. The molecule has 2 aromatic rings. The van der Waals surface area contributed by atoms with E-state index < -0.39 is 5.60 Å². The molecule has 5 rings (SSSR count). The first-order valence-corrected chi connectivity index (χ1v) is 8.40. The highest BCUT2D eigenvalue weighted by Crippen LogP contribution is 2.62. The summed E-state index contributed by atoms with van der Waals surface area (Å²) in [6, 6.07) is 8.59. The Balaban J connectivity index is 1.86. The summed E-state index contributed by atoms with van der Waals surface area (Å²) in [5.41, 5.74) is 4.28. The van der Waals surface area contributed by atoms with Gasteiger partial charge in [0.25, 0.3) is 0 Å². The molecule has 3 atom stereocenters. The number of aliphatic hydroxyl groups is 1. The van der Waals surface area contributed by atoms with Crippen molar-refractivity contribution in [1.82, 2.24) is 4.98 Å². The van der Waals surface area contributed by atoms with Crippen molar-refractivity contribution in [3.8, 4) is 0 Å². The van der Waals surface area contributed by atoms with Crippen LogP contribution in [0.5, 0.6) is 0 Å². The van der Waals surface area contributed by atoms with Crippen molar-refractivity contribution in [2.24, 2.45) is 0 Å². The van der Waals surface area contributed by atoms with E-state index in [1.165, 1.54) is 27.7 Å². The minimum absolute atomic E-state index is 0.221. The quantitative estimate of drug-likeness (QED) is 0.569. The number of aromatic nitrogens is 1. The maximum absolute atomic E-state index is 11.6. The topological polar surface area (TPSA) is 36.0 Å². The van der Waals surface area contributed by atoms with Crippen molar-refractivity contribution in [2.45, 2.75) is 37.8 Å². The van der Waals surface area contributed by atoms with Crippen LogP contribution in [0.25, 0.3) is 10.9 Å². The zero-order chi connectivity index (χ0) is 15.2. The maximum atomic E-state index is 11.6. The molecule has 4 heterocycles. The van der Waals surface area contributed by atoms with E-state index in [4.69, 9.17) is 0 Å².